The Morgan fingerprint density at radius 3 is 2.83 bits per heavy atom. The van der Waals surface area contributed by atoms with Crippen LogP contribution in [0.2, 0.25) is 0 Å². The Kier molecular flexibility index (Phi) is 2.40. The molecule has 0 fully saturated rings. The average Bonchev–Trinajstić information content (AvgIpc) is 2.79. The van der Waals surface area contributed by atoms with Gasteiger partial charge in [0.2, 0.25) is 0 Å². The summed E-state index contributed by atoms with van der Waals surface area (Å²) in [4.78, 5) is 8.07. The summed E-state index contributed by atoms with van der Waals surface area (Å²) in [5.74, 6) is 0.570. The SMILES string of the molecule is Cc1nc(C2Cc3ccccc3O2)nc(N)c1F. The molecule has 0 aliphatic carbocycles. The van der Waals surface area contributed by atoms with Gasteiger partial charge in [-0.15, -0.1) is 0 Å². The molecule has 1 aromatic carbocycles. The molecule has 1 atom stereocenters. The predicted octanol–water partition coefficient (Wildman–Crippen LogP) is 2.18. The molecular weight excluding hydrogens is 233 g/mol. The number of para-hydroxylation sites is 1. The van der Waals surface area contributed by atoms with Crippen molar-refractivity contribution in [2.75, 3.05) is 5.73 Å². The second-order valence-corrected chi connectivity index (χ2v) is 4.28. The number of halogens is 1. The molecule has 3 rings (SSSR count). The maximum atomic E-state index is 13.4. The molecule has 0 saturated heterocycles. The molecular formula is C13H12FN3O. The molecule has 2 aromatic rings. The summed E-state index contributed by atoms with van der Waals surface area (Å²) < 4.78 is 19.1. The van der Waals surface area contributed by atoms with E-state index in [2.05, 4.69) is 9.97 Å². The number of hydrogen-bond acceptors (Lipinski definition) is 4. The van der Waals surface area contributed by atoms with Gasteiger partial charge in [-0.25, -0.2) is 14.4 Å². The molecule has 0 saturated carbocycles. The van der Waals surface area contributed by atoms with E-state index in [9.17, 15) is 4.39 Å². The van der Waals surface area contributed by atoms with Crippen LogP contribution in [0.3, 0.4) is 0 Å². The highest BCUT2D eigenvalue weighted by Crippen LogP contribution is 2.35. The average molecular weight is 245 g/mol. The molecule has 1 aliphatic rings. The fourth-order valence-corrected chi connectivity index (χ4v) is 2.07. The molecule has 92 valence electrons. The Balaban J connectivity index is 1.95. The molecule has 0 bridgehead atoms. The molecule has 2 heterocycles. The van der Waals surface area contributed by atoms with E-state index < -0.39 is 5.82 Å². The number of aromatic nitrogens is 2. The fourth-order valence-electron chi connectivity index (χ4n) is 2.07. The number of fused-ring (bicyclic) bond motifs is 1. The number of hydrogen-bond donors (Lipinski definition) is 1. The van der Waals surface area contributed by atoms with Gasteiger partial charge in [-0.2, -0.15) is 0 Å². The number of nitrogens with zero attached hydrogens (tertiary/aromatic N) is 2. The van der Waals surface area contributed by atoms with Crippen molar-refractivity contribution in [1.29, 1.82) is 0 Å². The zero-order chi connectivity index (χ0) is 12.7. The molecule has 18 heavy (non-hydrogen) atoms. The first-order chi connectivity index (χ1) is 8.65. The highest BCUT2D eigenvalue weighted by atomic mass is 19.1. The summed E-state index contributed by atoms with van der Waals surface area (Å²) in [6, 6.07) is 7.76. The number of nitrogen functional groups attached to an aromatic ring is 1. The standard InChI is InChI=1S/C13H12FN3O/c1-7-11(14)12(15)17-13(16-7)10-6-8-4-2-3-5-9(8)18-10/h2-5,10H,6H2,1H3,(H2,15,16,17). The molecule has 4 nitrogen and oxygen atoms in total. The summed E-state index contributed by atoms with van der Waals surface area (Å²) in [5, 5.41) is 0. The molecule has 0 spiro atoms. The van der Waals surface area contributed by atoms with Crippen LogP contribution in [0, 0.1) is 12.7 Å². The van der Waals surface area contributed by atoms with Crippen LogP contribution in [0.15, 0.2) is 24.3 Å². The van der Waals surface area contributed by atoms with Crippen LogP contribution >= 0.6 is 0 Å². The van der Waals surface area contributed by atoms with Crippen LogP contribution in [-0.4, -0.2) is 9.97 Å². The Hall–Kier alpha value is -2.17. The van der Waals surface area contributed by atoms with Gasteiger partial charge in [0, 0.05) is 6.42 Å². The van der Waals surface area contributed by atoms with Gasteiger partial charge in [-0.3, -0.25) is 0 Å². The number of rotatable bonds is 1. The van der Waals surface area contributed by atoms with Gasteiger partial charge in [0.05, 0.1) is 5.69 Å². The summed E-state index contributed by atoms with van der Waals surface area (Å²) in [6.45, 7) is 1.57. The van der Waals surface area contributed by atoms with Crippen molar-refractivity contribution < 1.29 is 9.13 Å². The molecule has 2 N–H and O–H groups in total. The van der Waals surface area contributed by atoms with Crippen molar-refractivity contribution in [1.82, 2.24) is 9.97 Å². The lowest BCUT2D eigenvalue weighted by Crippen LogP contribution is -2.12. The Morgan fingerprint density at radius 2 is 2.11 bits per heavy atom. The monoisotopic (exact) mass is 245 g/mol. The Labute approximate surface area is 104 Å². The molecule has 1 unspecified atom stereocenters. The van der Waals surface area contributed by atoms with Crippen LogP contribution < -0.4 is 10.5 Å². The quantitative estimate of drug-likeness (QED) is 0.836. The van der Waals surface area contributed by atoms with Gasteiger partial charge in [-0.05, 0) is 18.6 Å². The van der Waals surface area contributed by atoms with Crippen LogP contribution in [0.25, 0.3) is 0 Å². The number of nitrogens with two attached hydrogens (primary N) is 1. The molecule has 1 aromatic heterocycles. The third kappa shape index (κ3) is 1.68. The van der Waals surface area contributed by atoms with E-state index in [-0.39, 0.29) is 17.6 Å². The summed E-state index contributed by atoms with van der Waals surface area (Å²) in [6.07, 6.45) is 0.393. The van der Waals surface area contributed by atoms with Gasteiger partial charge in [0.25, 0.3) is 0 Å². The summed E-state index contributed by atoms with van der Waals surface area (Å²) >= 11 is 0. The van der Waals surface area contributed by atoms with Crippen molar-refractivity contribution in [3.05, 3.63) is 47.2 Å². The smallest absolute Gasteiger partial charge is 0.186 e. The zero-order valence-electron chi connectivity index (χ0n) is 9.85. The summed E-state index contributed by atoms with van der Waals surface area (Å²) in [7, 11) is 0. The second kappa shape index (κ2) is 3.94. The molecule has 1 aliphatic heterocycles. The van der Waals surface area contributed by atoms with Crippen LogP contribution in [0.5, 0.6) is 5.75 Å². The lowest BCUT2D eigenvalue weighted by atomic mass is 10.1. The molecule has 0 amide bonds. The highest BCUT2D eigenvalue weighted by molar-refractivity contribution is 5.39. The van der Waals surface area contributed by atoms with Crippen molar-refractivity contribution in [2.45, 2.75) is 19.4 Å². The number of anilines is 1. The van der Waals surface area contributed by atoms with E-state index in [1.54, 1.807) is 6.92 Å². The maximum absolute atomic E-state index is 13.4. The van der Waals surface area contributed by atoms with Crippen molar-refractivity contribution in [3.63, 3.8) is 0 Å². The minimum absolute atomic E-state index is 0.128. The normalized spacial score (nSPS) is 17.3. The number of aryl methyl sites for hydroxylation is 1. The van der Waals surface area contributed by atoms with Crippen molar-refractivity contribution in [2.24, 2.45) is 0 Å². The van der Waals surface area contributed by atoms with E-state index in [0.717, 1.165) is 11.3 Å². The number of ether oxygens (including phenoxy) is 1. The first-order valence-corrected chi connectivity index (χ1v) is 5.69. The topological polar surface area (TPSA) is 61.0 Å². The maximum Gasteiger partial charge on any atom is 0.186 e. The Bertz CT molecular complexity index is 567. The predicted molar refractivity (Wildman–Crippen MR) is 64.7 cm³/mol. The lowest BCUT2D eigenvalue weighted by Gasteiger charge is -2.11. The number of benzene rings is 1. The molecule has 5 heteroatoms. The molecule has 0 radical (unpaired) electrons. The second-order valence-electron chi connectivity index (χ2n) is 4.28. The summed E-state index contributed by atoms with van der Waals surface area (Å²) in [5.41, 5.74) is 6.86. The van der Waals surface area contributed by atoms with Crippen molar-refractivity contribution >= 4 is 5.82 Å². The Morgan fingerprint density at radius 1 is 1.33 bits per heavy atom. The van der Waals surface area contributed by atoms with Crippen LogP contribution in [0.1, 0.15) is 23.2 Å². The van der Waals surface area contributed by atoms with Crippen molar-refractivity contribution in [3.8, 4) is 5.75 Å². The minimum Gasteiger partial charge on any atom is -0.482 e. The van der Waals surface area contributed by atoms with E-state index in [1.807, 2.05) is 24.3 Å². The van der Waals surface area contributed by atoms with E-state index in [1.165, 1.54) is 0 Å². The van der Waals surface area contributed by atoms with Crippen LogP contribution in [0.4, 0.5) is 10.2 Å². The van der Waals surface area contributed by atoms with Gasteiger partial charge in [0.1, 0.15) is 5.75 Å². The largest absolute Gasteiger partial charge is 0.482 e. The zero-order valence-corrected chi connectivity index (χ0v) is 9.85. The first kappa shape index (κ1) is 11.0. The van der Waals surface area contributed by atoms with Gasteiger partial charge in [0.15, 0.2) is 23.6 Å². The van der Waals surface area contributed by atoms with Gasteiger partial charge < -0.3 is 10.5 Å². The van der Waals surface area contributed by atoms with E-state index >= 15 is 0 Å². The van der Waals surface area contributed by atoms with Crippen LogP contribution in [-0.2, 0) is 6.42 Å². The fraction of sp³-hybridized carbons (Fsp3) is 0.231. The third-order valence-corrected chi connectivity index (χ3v) is 2.99. The lowest BCUT2D eigenvalue weighted by molar-refractivity contribution is 0.227. The van der Waals surface area contributed by atoms with Gasteiger partial charge in [-0.1, -0.05) is 18.2 Å². The van der Waals surface area contributed by atoms with E-state index in [4.69, 9.17) is 10.5 Å². The van der Waals surface area contributed by atoms with E-state index in [0.29, 0.717) is 12.2 Å². The highest BCUT2D eigenvalue weighted by Gasteiger charge is 2.27. The minimum atomic E-state index is -0.561. The van der Waals surface area contributed by atoms with Gasteiger partial charge >= 0.3 is 0 Å². The third-order valence-electron chi connectivity index (χ3n) is 2.99. The first-order valence-electron chi connectivity index (χ1n) is 5.69.